The third-order valence-electron chi connectivity index (χ3n) is 2.82. The Hall–Kier alpha value is -1.13. The summed E-state index contributed by atoms with van der Waals surface area (Å²) in [7, 11) is 0. The molecule has 0 radical (unpaired) electrons. The van der Waals surface area contributed by atoms with Gasteiger partial charge >= 0.3 is 5.97 Å². The van der Waals surface area contributed by atoms with Gasteiger partial charge in [-0.2, -0.15) is 0 Å². The highest BCUT2D eigenvalue weighted by Gasteiger charge is 2.30. The second-order valence-corrected chi connectivity index (χ2v) is 4.74. The van der Waals surface area contributed by atoms with Crippen LogP contribution in [0.15, 0.2) is 12.1 Å². The number of nitrogens with one attached hydrogen (secondary N) is 1. The highest BCUT2D eigenvalue weighted by molar-refractivity contribution is 6.31. The fourth-order valence-electron chi connectivity index (χ4n) is 1.66. The van der Waals surface area contributed by atoms with Gasteiger partial charge in [0.15, 0.2) is 0 Å². The number of halogens is 2. The average molecular weight is 258 g/mol. The standard InChI is InChI=1S/C12H13ClFNO2/c1-6-4-9(13)8(5-10(6)14)11(12(16)17)15-7-2-3-7/h4-5,7,11,15H,2-3H2,1H3,(H,16,17). The minimum atomic E-state index is -1.04. The molecule has 1 fully saturated rings. The van der Waals surface area contributed by atoms with Gasteiger partial charge in [0, 0.05) is 16.6 Å². The number of carbonyl (C=O) groups is 1. The first kappa shape index (κ1) is 12.3. The summed E-state index contributed by atoms with van der Waals surface area (Å²) in [6.07, 6.45) is 1.91. The molecule has 0 spiro atoms. The monoisotopic (exact) mass is 257 g/mol. The molecule has 0 saturated heterocycles. The normalized spacial score (nSPS) is 16.9. The van der Waals surface area contributed by atoms with Crippen molar-refractivity contribution < 1.29 is 14.3 Å². The van der Waals surface area contributed by atoms with E-state index in [-0.39, 0.29) is 16.6 Å². The molecule has 1 atom stereocenters. The van der Waals surface area contributed by atoms with Gasteiger partial charge in [-0.1, -0.05) is 11.6 Å². The molecule has 1 aromatic rings. The number of hydrogen-bond donors (Lipinski definition) is 2. The molecule has 92 valence electrons. The zero-order chi connectivity index (χ0) is 12.6. The van der Waals surface area contributed by atoms with Gasteiger partial charge in [-0.05, 0) is 37.5 Å². The summed E-state index contributed by atoms with van der Waals surface area (Å²) in [6.45, 7) is 1.59. The molecule has 5 heteroatoms. The molecule has 1 aliphatic rings. The lowest BCUT2D eigenvalue weighted by Crippen LogP contribution is -2.30. The maximum absolute atomic E-state index is 13.5. The predicted octanol–water partition coefficient (Wildman–Crippen LogP) is 2.67. The van der Waals surface area contributed by atoms with Crippen molar-refractivity contribution in [2.45, 2.75) is 31.8 Å². The van der Waals surface area contributed by atoms with Crippen LogP contribution in [0.1, 0.15) is 30.0 Å². The third kappa shape index (κ3) is 2.76. The Balaban J connectivity index is 2.34. The molecule has 0 amide bonds. The maximum Gasteiger partial charge on any atom is 0.325 e. The van der Waals surface area contributed by atoms with Crippen LogP contribution in [0.2, 0.25) is 5.02 Å². The molecule has 1 aromatic carbocycles. The van der Waals surface area contributed by atoms with Crippen LogP contribution in [-0.4, -0.2) is 17.1 Å². The van der Waals surface area contributed by atoms with Crippen molar-refractivity contribution in [2.75, 3.05) is 0 Å². The van der Waals surface area contributed by atoms with E-state index in [9.17, 15) is 9.18 Å². The van der Waals surface area contributed by atoms with Crippen molar-refractivity contribution >= 4 is 17.6 Å². The first-order chi connectivity index (χ1) is 7.99. The van der Waals surface area contributed by atoms with E-state index in [1.165, 1.54) is 12.1 Å². The van der Waals surface area contributed by atoms with Crippen molar-refractivity contribution in [1.82, 2.24) is 5.32 Å². The van der Waals surface area contributed by atoms with Crippen LogP contribution in [0.4, 0.5) is 4.39 Å². The van der Waals surface area contributed by atoms with Crippen molar-refractivity contribution in [3.8, 4) is 0 Å². The number of aliphatic carboxylic acids is 1. The van der Waals surface area contributed by atoms with Gasteiger partial charge in [0.25, 0.3) is 0 Å². The van der Waals surface area contributed by atoms with Crippen molar-refractivity contribution in [2.24, 2.45) is 0 Å². The SMILES string of the molecule is Cc1cc(Cl)c(C(NC2CC2)C(=O)O)cc1F. The minimum Gasteiger partial charge on any atom is -0.480 e. The molecule has 1 saturated carbocycles. The molecule has 2 N–H and O–H groups in total. The topological polar surface area (TPSA) is 49.3 Å². The van der Waals surface area contributed by atoms with Gasteiger partial charge in [-0.15, -0.1) is 0 Å². The highest BCUT2D eigenvalue weighted by atomic mass is 35.5. The summed E-state index contributed by atoms with van der Waals surface area (Å²) < 4.78 is 13.5. The van der Waals surface area contributed by atoms with Crippen LogP contribution in [0, 0.1) is 12.7 Å². The van der Waals surface area contributed by atoms with E-state index in [1.54, 1.807) is 6.92 Å². The molecular weight excluding hydrogens is 245 g/mol. The second-order valence-electron chi connectivity index (χ2n) is 4.34. The molecule has 0 heterocycles. The van der Waals surface area contributed by atoms with E-state index < -0.39 is 17.8 Å². The molecular formula is C12H13ClFNO2. The largest absolute Gasteiger partial charge is 0.480 e. The fraction of sp³-hybridized carbons (Fsp3) is 0.417. The summed E-state index contributed by atoms with van der Waals surface area (Å²) in [6, 6.07) is 1.92. The second kappa shape index (κ2) is 4.63. The van der Waals surface area contributed by atoms with E-state index in [0.29, 0.717) is 5.56 Å². The van der Waals surface area contributed by atoms with E-state index in [1.807, 2.05) is 0 Å². The number of hydrogen-bond acceptors (Lipinski definition) is 2. The van der Waals surface area contributed by atoms with E-state index in [4.69, 9.17) is 16.7 Å². The van der Waals surface area contributed by atoms with Gasteiger partial charge < -0.3 is 5.11 Å². The van der Waals surface area contributed by atoms with Crippen LogP contribution < -0.4 is 5.32 Å². The van der Waals surface area contributed by atoms with Gasteiger partial charge in [-0.3, -0.25) is 10.1 Å². The van der Waals surface area contributed by atoms with Crippen LogP contribution in [0.5, 0.6) is 0 Å². The number of carboxylic acid groups (broad SMARTS) is 1. The lowest BCUT2D eigenvalue weighted by atomic mass is 10.0. The summed E-state index contributed by atoms with van der Waals surface area (Å²) >= 11 is 5.97. The molecule has 2 rings (SSSR count). The van der Waals surface area contributed by atoms with Crippen molar-refractivity contribution in [3.05, 3.63) is 34.1 Å². The van der Waals surface area contributed by atoms with Gasteiger partial charge in [-0.25, -0.2) is 4.39 Å². The van der Waals surface area contributed by atoms with E-state index in [0.717, 1.165) is 12.8 Å². The lowest BCUT2D eigenvalue weighted by Gasteiger charge is -2.16. The average Bonchev–Trinajstić information content (AvgIpc) is 3.04. The summed E-state index contributed by atoms with van der Waals surface area (Å²) in [5, 5.41) is 12.4. The van der Waals surface area contributed by atoms with Crippen molar-refractivity contribution in [3.63, 3.8) is 0 Å². The van der Waals surface area contributed by atoms with Crippen molar-refractivity contribution in [1.29, 1.82) is 0 Å². The number of rotatable bonds is 4. The van der Waals surface area contributed by atoms with Crippen LogP contribution in [0.3, 0.4) is 0 Å². The zero-order valence-corrected chi connectivity index (χ0v) is 10.1. The van der Waals surface area contributed by atoms with Gasteiger partial charge in [0.2, 0.25) is 0 Å². The van der Waals surface area contributed by atoms with Crippen LogP contribution in [-0.2, 0) is 4.79 Å². The van der Waals surface area contributed by atoms with E-state index in [2.05, 4.69) is 5.32 Å². The predicted molar refractivity (Wildman–Crippen MR) is 62.7 cm³/mol. The summed E-state index contributed by atoms with van der Waals surface area (Å²) in [5.41, 5.74) is 0.698. The molecule has 3 nitrogen and oxygen atoms in total. The Morgan fingerprint density at radius 1 is 1.59 bits per heavy atom. The fourth-order valence-corrected chi connectivity index (χ4v) is 1.99. The van der Waals surface area contributed by atoms with Gasteiger partial charge in [0.1, 0.15) is 11.9 Å². The zero-order valence-electron chi connectivity index (χ0n) is 9.34. The lowest BCUT2D eigenvalue weighted by molar-refractivity contribution is -0.139. The third-order valence-corrected chi connectivity index (χ3v) is 3.14. The molecule has 17 heavy (non-hydrogen) atoms. The first-order valence-electron chi connectivity index (χ1n) is 5.43. The molecule has 0 aromatic heterocycles. The van der Waals surface area contributed by atoms with E-state index >= 15 is 0 Å². The maximum atomic E-state index is 13.5. The minimum absolute atomic E-state index is 0.205. The summed E-state index contributed by atoms with van der Waals surface area (Å²) in [4.78, 5) is 11.2. The van der Waals surface area contributed by atoms with Gasteiger partial charge in [0.05, 0.1) is 0 Å². The quantitative estimate of drug-likeness (QED) is 0.872. The Morgan fingerprint density at radius 3 is 2.76 bits per heavy atom. The number of carboxylic acids is 1. The first-order valence-corrected chi connectivity index (χ1v) is 5.81. The Labute approximate surface area is 104 Å². The number of benzene rings is 1. The molecule has 0 aliphatic heterocycles. The number of aryl methyl sites for hydroxylation is 1. The Bertz CT molecular complexity index is 460. The van der Waals surface area contributed by atoms with Crippen LogP contribution >= 0.6 is 11.6 Å². The Kier molecular flexibility index (Phi) is 3.35. The Morgan fingerprint density at radius 2 is 2.24 bits per heavy atom. The smallest absolute Gasteiger partial charge is 0.325 e. The molecule has 1 aliphatic carbocycles. The molecule has 1 unspecified atom stereocenters. The highest BCUT2D eigenvalue weighted by Crippen LogP contribution is 2.30. The molecule has 0 bridgehead atoms. The van der Waals surface area contributed by atoms with Crippen LogP contribution in [0.25, 0.3) is 0 Å². The summed E-state index contributed by atoms with van der Waals surface area (Å²) in [5.74, 6) is -1.48.